The second-order valence-corrected chi connectivity index (χ2v) is 5.30. The van der Waals surface area contributed by atoms with Crippen LogP contribution in [0.3, 0.4) is 0 Å². The Kier molecular flexibility index (Phi) is 4.83. The van der Waals surface area contributed by atoms with Crippen molar-refractivity contribution in [2.45, 2.75) is 25.3 Å². The Morgan fingerprint density at radius 3 is 2.90 bits per heavy atom. The Morgan fingerprint density at radius 1 is 1.55 bits per heavy atom. The van der Waals surface area contributed by atoms with Crippen LogP contribution in [0.4, 0.5) is 11.4 Å². The van der Waals surface area contributed by atoms with Crippen LogP contribution in [0.15, 0.2) is 18.2 Å². The van der Waals surface area contributed by atoms with Gasteiger partial charge in [-0.05, 0) is 31.0 Å². The number of rotatable bonds is 6. The number of amides is 1. The molecule has 3 N–H and O–H groups in total. The molecule has 106 valence electrons. The van der Waals surface area contributed by atoms with Gasteiger partial charge in [0.25, 0.3) is 0 Å². The molecule has 5 nitrogen and oxygen atoms in total. The Balaban J connectivity index is 1.92. The minimum atomic E-state index is -0.124. The lowest BCUT2D eigenvalue weighted by molar-refractivity contribution is -0.117. The quantitative estimate of drug-likeness (QED) is 0.788. The first kappa shape index (κ1) is 14.6. The van der Waals surface area contributed by atoms with Crippen molar-refractivity contribution in [1.29, 1.82) is 5.26 Å². The van der Waals surface area contributed by atoms with Crippen molar-refractivity contribution in [1.82, 2.24) is 4.90 Å². The van der Waals surface area contributed by atoms with Gasteiger partial charge in [0.15, 0.2) is 0 Å². The molecule has 20 heavy (non-hydrogen) atoms. The van der Waals surface area contributed by atoms with Crippen molar-refractivity contribution in [2.75, 3.05) is 24.1 Å². The van der Waals surface area contributed by atoms with Crippen LogP contribution in [-0.4, -0.2) is 29.9 Å². The number of benzene rings is 1. The van der Waals surface area contributed by atoms with Crippen LogP contribution in [0.2, 0.25) is 5.02 Å². The third-order valence-corrected chi connectivity index (χ3v) is 3.50. The van der Waals surface area contributed by atoms with Crippen LogP contribution in [-0.2, 0) is 4.79 Å². The topological polar surface area (TPSA) is 82.2 Å². The van der Waals surface area contributed by atoms with Crippen LogP contribution in [0, 0.1) is 11.3 Å². The van der Waals surface area contributed by atoms with Crippen molar-refractivity contribution in [3.05, 3.63) is 23.2 Å². The van der Waals surface area contributed by atoms with E-state index in [2.05, 4.69) is 11.4 Å². The van der Waals surface area contributed by atoms with Gasteiger partial charge in [-0.1, -0.05) is 11.6 Å². The van der Waals surface area contributed by atoms with Crippen LogP contribution in [0.25, 0.3) is 0 Å². The molecule has 1 aliphatic rings. The molecule has 0 aromatic heterocycles. The summed E-state index contributed by atoms with van der Waals surface area (Å²) in [7, 11) is 0. The fraction of sp³-hybridized carbons (Fsp3) is 0.429. The number of carbonyl (C=O) groups excluding carboxylic acids is 1. The van der Waals surface area contributed by atoms with E-state index in [-0.39, 0.29) is 12.5 Å². The minimum absolute atomic E-state index is 0.124. The molecule has 0 unspecified atom stereocenters. The van der Waals surface area contributed by atoms with E-state index in [1.807, 2.05) is 4.90 Å². The molecule has 1 aliphatic carbocycles. The van der Waals surface area contributed by atoms with Crippen molar-refractivity contribution < 1.29 is 4.79 Å². The van der Waals surface area contributed by atoms with E-state index in [9.17, 15) is 4.79 Å². The van der Waals surface area contributed by atoms with Crippen molar-refractivity contribution in [2.24, 2.45) is 0 Å². The van der Waals surface area contributed by atoms with Crippen molar-refractivity contribution in [3.63, 3.8) is 0 Å². The molecular weight excluding hydrogens is 276 g/mol. The normalized spacial score (nSPS) is 14.1. The van der Waals surface area contributed by atoms with Crippen LogP contribution < -0.4 is 11.1 Å². The Morgan fingerprint density at radius 2 is 2.30 bits per heavy atom. The Hall–Kier alpha value is -1.77. The second-order valence-electron chi connectivity index (χ2n) is 4.90. The third-order valence-electron chi connectivity index (χ3n) is 3.19. The summed E-state index contributed by atoms with van der Waals surface area (Å²) in [6, 6.07) is 7.53. The molecule has 2 rings (SSSR count). The van der Waals surface area contributed by atoms with Gasteiger partial charge in [-0.25, -0.2) is 0 Å². The Bertz CT molecular complexity index is 536. The number of hydrogen-bond acceptors (Lipinski definition) is 4. The first-order valence-corrected chi connectivity index (χ1v) is 6.94. The van der Waals surface area contributed by atoms with E-state index in [1.165, 1.54) is 0 Å². The molecule has 0 bridgehead atoms. The maximum Gasteiger partial charge on any atom is 0.238 e. The lowest BCUT2D eigenvalue weighted by Crippen LogP contribution is -2.35. The lowest BCUT2D eigenvalue weighted by Gasteiger charge is -2.20. The maximum absolute atomic E-state index is 12.0. The van der Waals surface area contributed by atoms with Gasteiger partial charge < -0.3 is 11.1 Å². The van der Waals surface area contributed by atoms with E-state index in [1.54, 1.807) is 18.2 Å². The average Bonchev–Trinajstić information content (AvgIpc) is 3.22. The van der Waals surface area contributed by atoms with Crippen LogP contribution >= 0.6 is 11.6 Å². The molecule has 1 aromatic carbocycles. The van der Waals surface area contributed by atoms with E-state index < -0.39 is 0 Å². The van der Waals surface area contributed by atoms with E-state index >= 15 is 0 Å². The number of nitrogen functional groups attached to an aromatic ring is 1. The number of anilines is 2. The second kappa shape index (κ2) is 6.60. The van der Waals surface area contributed by atoms with Gasteiger partial charge in [0.05, 0.1) is 23.3 Å². The zero-order chi connectivity index (χ0) is 14.5. The first-order chi connectivity index (χ1) is 9.60. The minimum Gasteiger partial charge on any atom is -0.399 e. The molecule has 6 heteroatoms. The Labute approximate surface area is 123 Å². The van der Waals surface area contributed by atoms with Gasteiger partial charge in [0.1, 0.15) is 0 Å². The summed E-state index contributed by atoms with van der Waals surface area (Å²) in [6.07, 6.45) is 2.63. The van der Waals surface area contributed by atoms with Gasteiger partial charge >= 0.3 is 0 Å². The number of nitriles is 1. The molecule has 0 spiro atoms. The highest BCUT2D eigenvalue weighted by Crippen LogP contribution is 2.27. The van der Waals surface area contributed by atoms with Gasteiger partial charge in [0.2, 0.25) is 5.91 Å². The highest BCUT2D eigenvalue weighted by atomic mass is 35.5. The highest BCUT2D eigenvalue weighted by Gasteiger charge is 2.29. The fourth-order valence-corrected chi connectivity index (χ4v) is 2.27. The highest BCUT2D eigenvalue weighted by molar-refractivity contribution is 6.34. The summed E-state index contributed by atoms with van der Waals surface area (Å²) in [6.45, 7) is 0.914. The lowest BCUT2D eigenvalue weighted by atomic mass is 10.3. The van der Waals surface area contributed by atoms with Gasteiger partial charge in [-0.15, -0.1) is 0 Å². The zero-order valence-electron chi connectivity index (χ0n) is 11.1. The number of carbonyl (C=O) groups is 1. The predicted octanol–water partition coefficient (Wildman–Crippen LogP) is 2.24. The number of nitrogens with zero attached hydrogens (tertiary/aromatic N) is 2. The molecular formula is C14H17ClN4O. The van der Waals surface area contributed by atoms with Crippen molar-refractivity contribution in [3.8, 4) is 6.07 Å². The van der Waals surface area contributed by atoms with Crippen LogP contribution in [0.5, 0.6) is 0 Å². The van der Waals surface area contributed by atoms with Crippen LogP contribution in [0.1, 0.15) is 19.3 Å². The van der Waals surface area contributed by atoms with Crippen molar-refractivity contribution >= 4 is 28.9 Å². The molecule has 0 heterocycles. The molecule has 0 saturated heterocycles. The van der Waals surface area contributed by atoms with Gasteiger partial charge in [-0.3, -0.25) is 9.69 Å². The maximum atomic E-state index is 12.0. The summed E-state index contributed by atoms with van der Waals surface area (Å²) in [5, 5.41) is 11.8. The zero-order valence-corrected chi connectivity index (χ0v) is 11.9. The smallest absolute Gasteiger partial charge is 0.238 e. The molecule has 1 saturated carbocycles. The standard InChI is InChI=1S/C14H17ClN4O/c15-12-8-10(17)2-5-13(12)18-14(20)9-19(7-1-6-16)11-3-4-11/h2,5,8,11H,1,3-4,7,9,17H2,(H,18,20). The molecule has 1 aromatic rings. The number of nitrogens with two attached hydrogens (primary N) is 1. The number of hydrogen-bond donors (Lipinski definition) is 2. The van der Waals surface area contributed by atoms with E-state index in [0.717, 1.165) is 12.8 Å². The SMILES string of the molecule is N#CCCN(CC(=O)Nc1ccc(N)cc1Cl)C1CC1. The van der Waals surface area contributed by atoms with E-state index in [4.69, 9.17) is 22.6 Å². The molecule has 1 fully saturated rings. The first-order valence-electron chi connectivity index (χ1n) is 6.56. The largest absolute Gasteiger partial charge is 0.399 e. The predicted molar refractivity (Wildman–Crippen MR) is 79.3 cm³/mol. The number of halogens is 1. The fourth-order valence-electron chi connectivity index (χ4n) is 2.03. The average molecular weight is 293 g/mol. The van der Waals surface area contributed by atoms with Gasteiger partial charge in [0, 0.05) is 24.7 Å². The summed E-state index contributed by atoms with van der Waals surface area (Å²) in [5.41, 5.74) is 6.72. The van der Waals surface area contributed by atoms with E-state index in [0.29, 0.717) is 35.4 Å². The molecule has 0 radical (unpaired) electrons. The number of nitrogens with one attached hydrogen (secondary N) is 1. The summed E-state index contributed by atoms with van der Waals surface area (Å²) >= 11 is 6.02. The monoisotopic (exact) mass is 292 g/mol. The summed E-state index contributed by atoms with van der Waals surface area (Å²) < 4.78 is 0. The molecule has 1 amide bonds. The summed E-state index contributed by atoms with van der Waals surface area (Å²) in [4.78, 5) is 14.1. The molecule has 0 aliphatic heterocycles. The summed E-state index contributed by atoms with van der Waals surface area (Å²) in [5.74, 6) is -0.124. The molecule has 0 atom stereocenters. The third kappa shape index (κ3) is 4.12. The van der Waals surface area contributed by atoms with Gasteiger partial charge in [-0.2, -0.15) is 5.26 Å².